The molecule has 0 saturated heterocycles. The van der Waals surface area contributed by atoms with E-state index in [1.807, 2.05) is 10.8 Å². The fourth-order valence-corrected chi connectivity index (χ4v) is 1.96. The Morgan fingerprint density at radius 1 is 1.37 bits per heavy atom. The van der Waals surface area contributed by atoms with E-state index in [4.69, 9.17) is 0 Å². The number of nitrogens with one attached hydrogen (secondary N) is 1. The Kier molecular flexibility index (Phi) is 3.84. The Hall–Kier alpha value is -2.31. The lowest BCUT2D eigenvalue weighted by molar-refractivity contribution is 0.385. The normalized spacial score (nSPS) is 10.8. The molecule has 0 aliphatic heterocycles. The molecule has 2 heterocycles. The zero-order valence-electron chi connectivity index (χ0n) is 10.7. The summed E-state index contributed by atoms with van der Waals surface area (Å²) in [5.41, 5.74) is -0.858. The second kappa shape index (κ2) is 5.55. The molecule has 2 aromatic heterocycles. The Morgan fingerprint density at radius 2 is 2.16 bits per heavy atom. The predicted molar refractivity (Wildman–Crippen MR) is 69.2 cm³/mol. The Balaban J connectivity index is 2.16. The lowest BCUT2D eigenvalue weighted by Gasteiger charge is -2.10. The van der Waals surface area contributed by atoms with E-state index in [2.05, 4.69) is 9.97 Å². The quantitative estimate of drug-likeness (QED) is 0.800. The van der Waals surface area contributed by atoms with Gasteiger partial charge in [-0.25, -0.2) is 9.78 Å². The van der Waals surface area contributed by atoms with Crippen molar-refractivity contribution >= 4 is 0 Å². The van der Waals surface area contributed by atoms with Crippen molar-refractivity contribution in [3.05, 3.63) is 45.1 Å². The van der Waals surface area contributed by atoms with Crippen molar-refractivity contribution in [2.45, 2.75) is 32.9 Å². The molecule has 0 unspecified atom stereocenters. The van der Waals surface area contributed by atoms with Crippen LogP contribution >= 0.6 is 0 Å². The maximum atomic E-state index is 11.6. The lowest BCUT2D eigenvalue weighted by atomic mass is 10.2. The van der Waals surface area contributed by atoms with Gasteiger partial charge >= 0.3 is 5.69 Å². The van der Waals surface area contributed by atoms with Crippen molar-refractivity contribution < 1.29 is 5.11 Å². The van der Waals surface area contributed by atoms with Gasteiger partial charge in [-0.1, -0.05) is 6.92 Å². The molecule has 0 bridgehead atoms. The van der Waals surface area contributed by atoms with Crippen molar-refractivity contribution in [2.24, 2.45) is 0 Å². The molecule has 0 spiro atoms. The molecule has 0 atom stereocenters. The molecular formula is C12H16N4O3. The minimum atomic E-state index is -0.578. The van der Waals surface area contributed by atoms with E-state index < -0.39 is 11.2 Å². The first-order valence-corrected chi connectivity index (χ1v) is 6.14. The van der Waals surface area contributed by atoms with Crippen LogP contribution in [0.25, 0.3) is 0 Å². The molecule has 2 aromatic rings. The smallest absolute Gasteiger partial charge is 0.331 e. The van der Waals surface area contributed by atoms with Gasteiger partial charge in [0.2, 0.25) is 5.88 Å². The van der Waals surface area contributed by atoms with Crippen molar-refractivity contribution in [3.8, 4) is 5.88 Å². The van der Waals surface area contributed by atoms with Gasteiger partial charge in [-0.05, 0) is 12.8 Å². The SMILES string of the molecule is CCc1c(O)n(CCCn2ccnc2)c(=O)[nH]c1=O. The van der Waals surface area contributed by atoms with Gasteiger partial charge in [-0.3, -0.25) is 14.3 Å². The fraction of sp³-hybridized carbons (Fsp3) is 0.417. The van der Waals surface area contributed by atoms with Crippen LogP contribution in [0.4, 0.5) is 0 Å². The summed E-state index contributed by atoms with van der Waals surface area (Å²) in [7, 11) is 0. The first-order chi connectivity index (χ1) is 9.13. The molecule has 0 aliphatic carbocycles. The number of aromatic nitrogens is 4. The van der Waals surface area contributed by atoms with Crippen molar-refractivity contribution in [3.63, 3.8) is 0 Å². The second-order valence-corrected chi connectivity index (χ2v) is 4.22. The minimum absolute atomic E-state index is 0.234. The van der Waals surface area contributed by atoms with Crippen LogP contribution in [0.1, 0.15) is 18.9 Å². The second-order valence-electron chi connectivity index (χ2n) is 4.22. The molecule has 2 N–H and O–H groups in total. The predicted octanol–water partition coefficient (Wildman–Crippen LogP) is 0.0914. The first kappa shape index (κ1) is 13.1. The Bertz CT molecular complexity index is 655. The maximum Gasteiger partial charge on any atom is 0.331 e. The van der Waals surface area contributed by atoms with E-state index in [0.29, 0.717) is 25.9 Å². The van der Waals surface area contributed by atoms with Gasteiger partial charge < -0.3 is 9.67 Å². The standard InChI is InChI=1S/C12H16N4O3/c1-2-9-10(17)14-12(19)16(11(9)18)6-3-5-15-7-4-13-8-15/h4,7-8,18H,2-3,5-6H2,1H3,(H,14,17,19). The van der Waals surface area contributed by atoms with Gasteiger partial charge in [-0.15, -0.1) is 0 Å². The number of aromatic hydroxyl groups is 1. The highest BCUT2D eigenvalue weighted by Crippen LogP contribution is 2.10. The minimum Gasteiger partial charge on any atom is -0.494 e. The fourth-order valence-electron chi connectivity index (χ4n) is 1.96. The monoisotopic (exact) mass is 264 g/mol. The molecule has 7 heteroatoms. The summed E-state index contributed by atoms with van der Waals surface area (Å²) >= 11 is 0. The van der Waals surface area contributed by atoms with E-state index in [-0.39, 0.29) is 11.4 Å². The molecule has 0 fully saturated rings. The third-order valence-corrected chi connectivity index (χ3v) is 2.98. The van der Waals surface area contributed by atoms with Gasteiger partial charge in [0.25, 0.3) is 5.56 Å². The van der Waals surface area contributed by atoms with Crippen LogP contribution in [0.2, 0.25) is 0 Å². The van der Waals surface area contributed by atoms with Gasteiger partial charge in [0.1, 0.15) is 0 Å². The topological polar surface area (TPSA) is 92.9 Å². The van der Waals surface area contributed by atoms with Crippen LogP contribution in [-0.2, 0) is 19.5 Å². The highest BCUT2D eigenvalue weighted by atomic mass is 16.3. The molecule has 0 amide bonds. The van der Waals surface area contributed by atoms with Crippen molar-refractivity contribution in [2.75, 3.05) is 0 Å². The van der Waals surface area contributed by atoms with Gasteiger partial charge in [0.15, 0.2) is 0 Å². The van der Waals surface area contributed by atoms with Crippen LogP contribution in [0, 0.1) is 0 Å². The Labute approximate surface area is 109 Å². The van der Waals surface area contributed by atoms with E-state index in [1.165, 1.54) is 4.57 Å². The number of hydrogen-bond donors (Lipinski definition) is 2. The summed E-state index contributed by atoms with van der Waals surface area (Å²) in [5, 5.41) is 9.93. The molecule has 7 nitrogen and oxygen atoms in total. The summed E-state index contributed by atoms with van der Waals surface area (Å²) in [6.07, 6.45) is 6.22. The highest BCUT2D eigenvalue weighted by molar-refractivity contribution is 5.22. The lowest BCUT2D eigenvalue weighted by Crippen LogP contribution is -2.32. The van der Waals surface area contributed by atoms with Crippen molar-refractivity contribution in [1.82, 2.24) is 19.1 Å². The molecule has 0 radical (unpaired) electrons. The number of rotatable bonds is 5. The average Bonchev–Trinajstić information content (AvgIpc) is 2.86. The number of aromatic amines is 1. The summed E-state index contributed by atoms with van der Waals surface area (Å²) in [4.78, 5) is 29.2. The van der Waals surface area contributed by atoms with Crippen LogP contribution in [0.15, 0.2) is 28.3 Å². The van der Waals surface area contributed by atoms with Crippen LogP contribution < -0.4 is 11.2 Å². The molecule has 0 saturated carbocycles. The number of nitrogens with zero attached hydrogens (tertiary/aromatic N) is 3. The van der Waals surface area contributed by atoms with Crippen LogP contribution in [0.3, 0.4) is 0 Å². The van der Waals surface area contributed by atoms with Gasteiger partial charge in [-0.2, -0.15) is 0 Å². The van der Waals surface area contributed by atoms with Crippen molar-refractivity contribution in [1.29, 1.82) is 0 Å². The number of aryl methyl sites for hydroxylation is 1. The molecule has 0 aliphatic rings. The molecule has 102 valence electrons. The van der Waals surface area contributed by atoms with Gasteiger partial charge in [0, 0.05) is 25.5 Å². The van der Waals surface area contributed by atoms with Gasteiger partial charge in [0.05, 0.1) is 11.9 Å². The summed E-state index contributed by atoms with van der Waals surface area (Å²) in [6.45, 7) is 2.78. The van der Waals surface area contributed by atoms with E-state index in [9.17, 15) is 14.7 Å². The average molecular weight is 264 g/mol. The molecule has 2 rings (SSSR count). The highest BCUT2D eigenvalue weighted by Gasteiger charge is 2.11. The largest absolute Gasteiger partial charge is 0.494 e. The van der Waals surface area contributed by atoms with Crippen LogP contribution in [0.5, 0.6) is 5.88 Å². The van der Waals surface area contributed by atoms with Crippen LogP contribution in [-0.4, -0.2) is 24.2 Å². The number of imidazole rings is 1. The summed E-state index contributed by atoms with van der Waals surface area (Å²) < 4.78 is 3.08. The maximum absolute atomic E-state index is 11.6. The molecular weight excluding hydrogens is 248 g/mol. The third-order valence-electron chi connectivity index (χ3n) is 2.98. The summed E-state index contributed by atoms with van der Waals surface area (Å²) in [5.74, 6) is -0.234. The molecule has 0 aromatic carbocycles. The van der Waals surface area contributed by atoms with E-state index in [1.54, 1.807) is 19.4 Å². The third kappa shape index (κ3) is 2.75. The number of hydrogen-bond acceptors (Lipinski definition) is 4. The number of H-pyrrole nitrogens is 1. The van der Waals surface area contributed by atoms with E-state index >= 15 is 0 Å². The zero-order valence-corrected chi connectivity index (χ0v) is 10.7. The molecule has 19 heavy (non-hydrogen) atoms. The Morgan fingerprint density at radius 3 is 2.79 bits per heavy atom. The zero-order chi connectivity index (χ0) is 13.8. The van der Waals surface area contributed by atoms with E-state index in [0.717, 1.165) is 0 Å². The summed E-state index contributed by atoms with van der Waals surface area (Å²) in [6, 6.07) is 0. The first-order valence-electron chi connectivity index (χ1n) is 6.14.